The average Bonchev–Trinajstić information content (AvgIpc) is 1.79. The summed E-state index contributed by atoms with van der Waals surface area (Å²) in [6.45, 7) is 1.37. The van der Waals surface area contributed by atoms with E-state index >= 15 is 0 Å². The zero-order valence-corrected chi connectivity index (χ0v) is 5.53. The van der Waals surface area contributed by atoms with Gasteiger partial charge in [-0.15, -0.1) is 0 Å². The smallest absolute Gasteiger partial charge is 0.260 e. The molecule has 9 heavy (non-hydrogen) atoms. The summed E-state index contributed by atoms with van der Waals surface area (Å²) in [5.74, 6) is -0.562. The Labute approximate surface area is 52.6 Å². The second-order valence-electron chi connectivity index (χ2n) is 1.72. The van der Waals surface area contributed by atoms with Crippen molar-refractivity contribution in [2.24, 2.45) is 0 Å². The molecule has 0 saturated heterocycles. The van der Waals surface area contributed by atoms with Crippen LogP contribution in [0.5, 0.6) is 0 Å². The Bertz CT molecular complexity index is 274. The molecule has 0 aliphatic carbocycles. The third kappa shape index (κ3) is 0.951. The van der Waals surface area contributed by atoms with Crippen LogP contribution in [0.2, 0.25) is 0 Å². The summed E-state index contributed by atoms with van der Waals surface area (Å²) in [6, 6.07) is 0. The van der Waals surface area contributed by atoms with E-state index in [2.05, 4.69) is 0 Å². The Morgan fingerprint density at radius 2 is 2.11 bits per heavy atom. The van der Waals surface area contributed by atoms with Crippen LogP contribution < -0.4 is 4.72 Å². The van der Waals surface area contributed by atoms with Crippen molar-refractivity contribution >= 4 is 15.9 Å². The van der Waals surface area contributed by atoms with Crippen LogP contribution in [0.25, 0.3) is 0 Å². The van der Waals surface area contributed by atoms with Crippen LogP contribution in [0.1, 0.15) is 6.92 Å². The van der Waals surface area contributed by atoms with Crippen molar-refractivity contribution in [3.63, 3.8) is 0 Å². The van der Waals surface area contributed by atoms with Crippen LogP contribution in [0.3, 0.4) is 0 Å². The van der Waals surface area contributed by atoms with Gasteiger partial charge in [0, 0.05) is 6.08 Å². The number of sulfonamides is 1. The van der Waals surface area contributed by atoms with Gasteiger partial charge in [0.15, 0.2) is 0 Å². The van der Waals surface area contributed by atoms with E-state index in [0.29, 0.717) is 0 Å². The van der Waals surface area contributed by atoms with Gasteiger partial charge in [-0.2, -0.15) is 0 Å². The van der Waals surface area contributed by atoms with Crippen LogP contribution >= 0.6 is 0 Å². The number of hydrogen-bond donors (Lipinski definition) is 1. The van der Waals surface area contributed by atoms with Gasteiger partial charge >= 0.3 is 0 Å². The number of carbonyl (C=O) groups is 1. The number of rotatable bonds is 0. The van der Waals surface area contributed by atoms with E-state index in [0.717, 1.165) is 6.08 Å². The molecule has 0 spiro atoms. The maximum Gasteiger partial charge on any atom is 0.260 e. The van der Waals surface area contributed by atoms with Crippen molar-refractivity contribution in [1.82, 2.24) is 4.72 Å². The molecule has 1 amide bonds. The molecule has 1 N–H and O–H groups in total. The summed E-state index contributed by atoms with van der Waals surface area (Å²) < 4.78 is 22.9. The van der Waals surface area contributed by atoms with Gasteiger partial charge in [0.1, 0.15) is 0 Å². The molecule has 0 unspecified atom stereocenters. The van der Waals surface area contributed by atoms with E-state index in [1.165, 1.54) is 6.92 Å². The molecule has 50 valence electrons. The van der Waals surface area contributed by atoms with Crippen molar-refractivity contribution in [2.45, 2.75) is 6.92 Å². The Morgan fingerprint density at radius 1 is 1.56 bits per heavy atom. The average molecular weight is 147 g/mol. The van der Waals surface area contributed by atoms with Gasteiger partial charge in [0.05, 0.1) is 4.91 Å². The van der Waals surface area contributed by atoms with Gasteiger partial charge in [0.2, 0.25) is 0 Å². The molecule has 1 aliphatic rings. The van der Waals surface area contributed by atoms with Crippen molar-refractivity contribution in [2.75, 3.05) is 0 Å². The lowest BCUT2D eigenvalue weighted by molar-refractivity contribution is -0.114. The SMILES string of the molecule is CC1=CC(=O)NS1(=O)=O. The Morgan fingerprint density at radius 3 is 2.22 bits per heavy atom. The molecular formula is C4H5NO3S. The van der Waals surface area contributed by atoms with Crippen molar-refractivity contribution in [3.05, 3.63) is 11.0 Å². The molecule has 0 aromatic carbocycles. The normalized spacial score (nSPS) is 23.2. The Balaban J connectivity index is 3.19. The van der Waals surface area contributed by atoms with E-state index < -0.39 is 15.9 Å². The van der Waals surface area contributed by atoms with Crippen molar-refractivity contribution in [3.8, 4) is 0 Å². The molecular weight excluding hydrogens is 142 g/mol. The predicted octanol–water partition coefficient (Wildman–Crippen LogP) is -0.650. The van der Waals surface area contributed by atoms with Crippen LogP contribution in [0, 0.1) is 0 Å². The number of nitrogens with one attached hydrogen (secondary N) is 1. The standard InChI is InChI=1S/C4H5NO3S/c1-3-2-4(6)5-9(3,7)8/h2H,1H3,(H,5,6). The fraction of sp³-hybridized carbons (Fsp3) is 0.250. The quantitative estimate of drug-likeness (QED) is 0.495. The van der Waals surface area contributed by atoms with Gasteiger partial charge in [0.25, 0.3) is 15.9 Å². The molecule has 0 aromatic heterocycles. The minimum Gasteiger partial charge on any atom is -0.269 e. The van der Waals surface area contributed by atoms with Gasteiger partial charge in [-0.25, -0.2) is 13.1 Å². The molecule has 1 heterocycles. The molecule has 0 bridgehead atoms. The number of carbonyl (C=O) groups excluding carboxylic acids is 1. The molecule has 0 radical (unpaired) electrons. The Hall–Kier alpha value is -0.840. The maximum atomic E-state index is 10.6. The Kier molecular flexibility index (Phi) is 1.10. The molecule has 4 nitrogen and oxygen atoms in total. The number of allylic oxidation sites excluding steroid dienone is 1. The molecule has 0 atom stereocenters. The van der Waals surface area contributed by atoms with Crippen LogP contribution in [-0.2, 0) is 14.8 Å². The second kappa shape index (κ2) is 1.57. The summed E-state index contributed by atoms with van der Waals surface area (Å²) in [6.07, 6.45) is 1.05. The highest BCUT2D eigenvalue weighted by Gasteiger charge is 2.22. The van der Waals surface area contributed by atoms with Gasteiger partial charge in [-0.3, -0.25) is 4.79 Å². The summed E-state index contributed by atoms with van der Waals surface area (Å²) >= 11 is 0. The third-order valence-corrected chi connectivity index (χ3v) is 2.43. The topological polar surface area (TPSA) is 63.2 Å². The minimum absolute atomic E-state index is 0.0764. The minimum atomic E-state index is -3.41. The molecule has 1 aliphatic heterocycles. The first-order valence-corrected chi connectivity index (χ1v) is 3.76. The molecule has 0 fully saturated rings. The molecule has 1 rings (SSSR count). The van der Waals surface area contributed by atoms with E-state index in [9.17, 15) is 13.2 Å². The zero-order chi connectivity index (χ0) is 7.07. The number of hydrogen-bond acceptors (Lipinski definition) is 3. The molecule has 0 saturated carbocycles. The first-order chi connectivity index (χ1) is 4.02. The fourth-order valence-electron chi connectivity index (χ4n) is 0.505. The zero-order valence-electron chi connectivity index (χ0n) is 4.71. The number of amides is 1. The van der Waals surface area contributed by atoms with E-state index in [1.54, 1.807) is 4.72 Å². The highest BCUT2D eigenvalue weighted by Crippen LogP contribution is 2.07. The first-order valence-electron chi connectivity index (χ1n) is 2.27. The highest BCUT2D eigenvalue weighted by atomic mass is 32.2. The summed E-state index contributed by atoms with van der Waals surface area (Å²) in [7, 11) is -3.41. The van der Waals surface area contributed by atoms with Crippen molar-refractivity contribution < 1.29 is 13.2 Å². The predicted molar refractivity (Wildman–Crippen MR) is 30.8 cm³/mol. The first kappa shape index (κ1) is 6.28. The lowest BCUT2D eigenvalue weighted by atomic mass is 10.5. The van der Waals surface area contributed by atoms with Gasteiger partial charge < -0.3 is 0 Å². The van der Waals surface area contributed by atoms with Crippen LogP contribution in [0.4, 0.5) is 0 Å². The second-order valence-corrected chi connectivity index (χ2v) is 3.58. The molecule has 0 aromatic rings. The highest BCUT2D eigenvalue weighted by molar-refractivity contribution is 7.94. The van der Waals surface area contributed by atoms with Crippen LogP contribution in [-0.4, -0.2) is 14.3 Å². The fourth-order valence-corrected chi connectivity index (χ4v) is 1.25. The van der Waals surface area contributed by atoms with E-state index in [4.69, 9.17) is 0 Å². The lowest BCUT2D eigenvalue weighted by Crippen LogP contribution is -2.21. The largest absolute Gasteiger partial charge is 0.269 e. The summed E-state index contributed by atoms with van der Waals surface area (Å²) in [5, 5.41) is 0. The van der Waals surface area contributed by atoms with Crippen LogP contribution in [0.15, 0.2) is 11.0 Å². The van der Waals surface area contributed by atoms with Gasteiger partial charge in [-0.05, 0) is 6.92 Å². The maximum absolute atomic E-state index is 10.6. The molecule has 5 heteroatoms. The van der Waals surface area contributed by atoms with E-state index in [1.807, 2.05) is 0 Å². The van der Waals surface area contributed by atoms with E-state index in [-0.39, 0.29) is 4.91 Å². The summed E-state index contributed by atoms with van der Waals surface area (Å²) in [5.41, 5.74) is 0. The summed E-state index contributed by atoms with van der Waals surface area (Å²) in [4.78, 5) is 10.4. The van der Waals surface area contributed by atoms with Crippen molar-refractivity contribution in [1.29, 1.82) is 0 Å². The lowest BCUT2D eigenvalue weighted by Gasteiger charge is -1.91. The third-order valence-electron chi connectivity index (χ3n) is 0.993. The monoisotopic (exact) mass is 147 g/mol. The van der Waals surface area contributed by atoms with Gasteiger partial charge in [-0.1, -0.05) is 0 Å².